The van der Waals surface area contributed by atoms with Crippen molar-refractivity contribution in [2.24, 2.45) is 0 Å². The smallest absolute Gasteiger partial charge is 0.334 e. The van der Waals surface area contributed by atoms with Gasteiger partial charge in [0.25, 0.3) is 0 Å². The van der Waals surface area contributed by atoms with E-state index in [0.717, 1.165) is 0 Å². The first-order valence-electron chi connectivity index (χ1n) is 5.52. The first-order chi connectivity index (χ1) is 8.52. The fraction of sp³-hybridized carbons (Fsp3) is 0.500. The van der Waals surface area contributed by atoms with E-state index in [9.17, 15) is 9.59 Å². The number of carbonyl (C=O) groups excluding carboxylic acids is 2. The fourth-order valence-corrected chi connectivity index (χ4v) is 2.58. The summed E-state index contributed by atoms with van der Waals surface area (Å²) in [5.74, 6) is -0.645. The first-order valence-corrected chi connectivity index (χ1v) is 7.80. The Morgan fingerprint density at radius 2 is 1.22 bits per heavy atom. The van der Waals surface area contributed by atoms with E-state index in [0.29, 0.717) is 24.4 Å². The van der Waals surface area contributed by atoms with Crippen LogP contribution >= 0.6 is 21.6 Å². The van der Waals surface area contributed by atoms with Crippen LogP contribution in [0.25, 0.3) is 0 Å². The first kappa shape index (κ1) is 17.1. The standard InChI is InChI=1S/C12H18O4S2/c1-5-15-11(13)9(3)7-17-18-8-10(4)12(14)16-6-2/h7-8H,5-6H2,1-4H3. The van der Waals surface area contributed by atoms with Gasteiger partial charge in [0.05, 0.1) is 13.2 Å². The molecule has 0 unspecified atom stereocenters. The van der Waals surface area contributed by atoms with Gasteiger partial charge in [-0.1, -0.05) is 21.6 Å². The van der Waals surface area contributed by atoms with Crippen LogP contribution in [0.1, 0.15) is 27.7 Å². The van der Waals surface area contributed by atoms with Crippen molar-refractivity contribution < 1.29 is 19.1 Å². The predicted octanol–water partition coefficient (Wildman–Crippen LogP) is 3.30. The van der Waals surface area contributed by atoms with Crippen LogP contribution in [0.5, 0.6) is 0 Å². The lowest BCUT2D eigenvalue weighted by molar-refractivity contribution is -0.139. The Balaban J connectivity index is 4.11. The van der Waals surface area contributed by atoms with E-state index >= 15 is 0 Å². The minimum absolute atomic E-state index is 0.323. The van der Waals surface area contributed by atoms with Crippen molar-refractivity contribution in [3.63, 3.8) is 0 Å². The Labute approximate surface area is 116 Å². The van der Waals surface area contributed by atoms with Gasteiger partial charge in [-0.15, -0.1) is 0 Å². The molecule has 0 spiro atoms. The average molecular weight is 290 g/mol. The highest BCUT2D eigenvalue weighted by Crippen LogP contribution is 2.27. The summed E-state index contributed by atoms with van der Waals surface area (Å²) >= 11 is 0. The Morgan fingerprint density at radius 1 is 0.889 bits per heavy atom. The minimum Gasteiger partial charge on any atom is -0.463 e. The third kappa shape index (κ3) is 7.45. The zero-order valence-electron chi connectivity index (χ0n) is 11.0. The molecule has 102 valence electrons. The molecule has 0 radical (unpaired) electrons. The van der Waals surface area contributed by atoms with Crippen LogP contribution in [0.4, 0.5) is 0 Å². The van der Waals surface area contributed by atoms with Crippen LogP contribution in [-0.4, -0.2) is 25.2 Å². The molecule has 0 aliphatic heterocycles. The van der Waals surface area contributed by atoms with E-state index in [2.05, 4.69) is 0 Å². The molecule has 0 atom stereocenters. The highest BCUT2D eigenvalue weighted by atomic mass is 33.1. The van der Waals surface area contributed by atoms with Crippen molar-refractivity contribution in [1.82, 2.24) is 0 Å². The topological polar surface area (TPSA) is 52.6 Å². The van der Waals surface area contributed by atoms with Gasteiger partial charge in [-0.05, 0) is 38.5 Å². The van der Waals surface area contributed by atoms with Crippen molar-refractivity contribution in [1.29, 1.82) is 0 Å². The lowest BCUT2D eigenvalue weighted by atomic mass is 10.4. The Kier molecular flexibility index (Phi) is 9.59. The van der Waals surface area contributed by atoms with Crippen LogP contribution in [0.3, 0.4) is 0 Å². The van der Waals surface area contributed by atoms with Crippen molar-refractivity contribution in [3.05, 3.63) is 22.0 Å². The molecule has 0 N–H and O–H groups in total. The molecule has 0 rings (SSSR count). The maximum absolute atomic E-state index is 11.3. The summed E-state index contributed by atoms with van der Waals surface area (Å²) in [4.78, 5) is 22.5. The molecule has 0 aromatic rings. The molecular formula is C12H18O4S2. The number of esters is 2. The van der Waals surface area contributed by atoms with Crippen LogP contribution in [0.2, 0.25) is 0 Å². The van der Waals surface area contributed by atoms with Crippen LogP contribution in [0.15, 0.2) is 22.0 Å². The fourth-order valence-electron chi connectivity index (χ4n) is 0.786. The molecule has 0 aromatic heterocycles. The van der Waals surface area contributed by atoms with Crippen LogP contribution < -0.4 is 0 Å². The largest absolute Gasteiger partial charge is 0.463 e. The summed E-state index contributed by atoms with van der Waals surface area (Å²) in [6.07, 6.45) is 0. The van der Waals surface area contributed by atoms with Gasteiger partial charge >= 0.3 is 11.9 Å². The van der Waals surface area contributed by atoms with E-state index in [1.54, 1.807) is 38.5 Å². The molecule has 6 heteroatoms. The predicted molar refractivity (Wildman–Crippen MR) is 76.0 cm³/mol. The van der Waals surface area contributed by atoms with E-state index in [-0.39, 0.29) is 11.9 Å². The van der Waals surface area contributed by atoms with Gasteiger partial charge in [0.15, 0.2) is 0 Å². The molecule has 0 aliphatic rings. The highest BCUT2D eigenvalue weighted by Gasteiger charge is 2.05. The van der Waals surface area contributed by atoms with Crippen LogP contribution in [-0.2, 0) is 19.1 Å². The van der Waals surface area contributed by atoms with Gasteiger partial charge in [-0.2, -0.15) is 0 Å². The Bertz CT molecular complexity index is 314. The van der Waals surface area contributed by atoms with Gasteiger partial charge in [0, 0.05) is 11.1 Å². The van der Waals surface area contributed by atoms with Crippen molar-refractivity contribution in [2.75, 3.05) is 13.2 Å². The zero-order chi connectivity index (χ0) is 14.0. The molecule has 0 saturated heterocycles. The maximum atomic E-state index is 11.3. The summed E-state index contributed by atoms with van der Waals surface area (Å²) in [5.41, 5.74) is 1.08. The molecule has 0 fully saturated rings. The highest BCUT2D eigenvalue weighted by molar-refractivity contribution is 8.79. The lowest BCUT2D eigenvalue weighted by Gasteiger charge is -2.01. The van der Waals surface area contributed by atoms with Crippen molar-refractivity contribution in [3.8, 4) is 0 Å². The van der Waals surface area contributed by atoms with E-state index in [1.807, 2.05) is 0 Å². The van der Waals surface area contributed by atoms with Gasteiger partial charge in [-0.25, -0.2) is 9.59 Å². The maximum Gasteiger partial charge on any atom is 0.334 e. The SMILES string of the molecule is CCOC(=O)C(C)=CSSC=C(C)C(=O)OCC. The van der Waals surface area contributed by atoms with Gasteiger partial charge in [0.2, 0.25) is 0 Å². The molecule has 0 aliphatic carbocycles. The second-order valence-corrected chi connectivity index (χ2v) is 5.25. The Morgan fingerprint density at radius 3 is 1.50 bits per heavy atom. The number of hydrogen-bond donors (Lipinski definition) is 0. The monoisotopic (exact) mass is 290 g/mol. The third-order valence-corrected chi connectivity index (χ3v) is 3.62. The van der Waals surface area contributed by atoms with Gasteiger partial charge in [0.1, 0.15) is 0 Å². The van der Waals surface area contributed by atoms with Crippen LogP contribution in [0, 0.1) is 0 Å². The molecule has 0 aromatic carbocycles. The summed E-state index contributed by atoms with van der Waals surface area (Å²) in [5, 5.41) is 3.38. The normalized spacial score (nSPS) is 12.2. The average Bonchev–Trinajstić information content (AvgIpc) is 2.34. The van der Waals surface area contributed by atoms with Crippen molar-refractivity contribution in [2.45, 2.75) is 27.7 Å². The third-order valence-electron chi connectivity index (χ3n) is 1.70. The second-order valence-electron chi connectivity index (χ2n) is 3.24. The lowest BCUT2D eigenvalue weighted by Crippen LogP contribution is -2.04. The number of hydrogen-bond acceptors (Lipinski definition) is 6. The van der Waals surface area contributed by atoms with E-state index in [4.69, 9.17) is 9.47 Å². The summed E-state index contributed by atoms with van der Waals surface area (Å²) in [6, 6.07) is 0. The molecule has 4 nitrogen and oxygen atoms in total. The molecule has 0 heterocycles. The number of rotatable bonds is 7. The second kappa shape index (κ2) is 10.1. The van der Waals surface area contributed by atoms with Crippen molar-refractivity contribution >= 4 is 33.5 Å². The number of ether oxygens (including phenoxy) is 2. The van der Waals surface area contributed by atoms with Gasteiger partial charge in [-0.3, -0.25) is 0 Å². The van der Waals surface area contributed by atoms with Gasteiger partial charge < -0.3 is 9.47 Å². The summed E-state index contributed by atoms with van der Waals surface area (Å²) in [6.45, 7) is 7.63. The quantitative estimate of drug-likeness (QED) is 0.310. The molecule has 0 saturated carbocycles. The molecule has 0 bridgehead atoms. The zero-order valence-corrected chi connectivity index (χ0v) is 12.7. The molecule has 0 amide bonds. The number of carbonyl (C=O) groups is 2. The Hall–Kier alpha value is -0.880. The summed E-state index contributed by atoms with van der Waals surface area (Å²) < 4.78 is 9.67. The molecular weight excluding hydrogens is 272 g/mol. The summed E-state index contributed by atoms with van der Waals surface area (Å²) in [7, 11) is 2.70. The van der Waals surface area contributed by atoms with E-state index < -0.39 is 0 Å². The molecule has 18 heavy (non-hydrogen) atoms. The van der Waals surface area contributed by atoms with E-state index in [1.165, 1.54) is 21.6 Å². The minimum atomic E-state index is -0.323.